The van der Waals surface area contributed by atoms with Crippen LogP contribution in [-0.2, 0) is 14.6 Å². The third-order valence-corrected chi connectivity index (χ3v) is 6.85. The van der Waals surface area contributed by atoms with Crippen molar-refractivity contribution in [2.24, 2.45) is 0 Å². The first-order valence-corrected chi connectivity index (χ1v) is 10.5. The monoisotopic (exact) mass is 361 g/mol. The third-order valence-electron chi connectivity index (χ3n) is 3.99. The second-order valence-corrected chi connectivity index (χ2v) is 8.92. The van der Waals surface area contributed by atoms with Gasteiger partial charge in [0.1, 0.15) is 0 Å². The predicted molar refractivity (Wildman–Crippen MR) is 95.8 cm³/mol. The van der Waals surface area contributed by atoms with E-state index in [1.54, 1.807) is 42.1 Å². The maximum absolute atomic E-state index is 12.2. The third kappa shape index (κ3) is 3.99. The summed E-state index contributed by atoms with van der Waals surface area (Å²) in [5.74, 6) is 0.553. The lowest BCUT2D eigenvalue weighted by Gasteiger charge is -2.25. The molecule has 0 aromatic heterocycles. The molecule has 3 rings (SSSR count). The fourth-order valence-electron chi connectivity index (χ4n) is 2.73. The van der Waals surface area contributed by atoms with Crippen molar-refractivity contribution in [2.75, 3.05) is 11.5 Å². The minimum absolute atomic E-state index is 0.0248. The van der Waals surface area contributed by atoms with Crippen LogP contribution in [-0.4, -0.2) is 25.8 Å². The van der Waals surface area contributed by atoms with E-state index in [-0.39, 0.29) is 29.0 Å². The van der Waals surface area contributed by atoms with Crippen LogP contribution in [0.25, 0.3) is 0 Å². The van der Waals surface area contributed by atoms with Gasteiger partial charge >= 0.3 is 0 Å². The average molecular weight is 361 g/mol. The first kappa shape index (κ1) is 17.0. The summed E-state index contributed by atoms with van der Waals surface area (Å²) in [5, 5.41) is 2.98. The Balaban J connectivity index is 1.61. The van der Waals surface area contributed by atoms with Crippen LogP contribution in [0.3, 0.4) is 0 Å². The molecule has 0 aliphatic carbocycles. The van der Waals surface area contributed by atoms with Crippen LogP contribution in [0.5, 0.6) is 0 Å². The molecule has 4 nitrogen and oxygen atoms in total. The van der Waals surface area contributed by atoms with Gasteiger partial charge < -0.3 is 5.32 Å². The van der Waals surface area contributed by atoms with E-state index in [1.165, 1.54) is 4.90 Å². The van der Waals surface area contributed by atoms with E-state index in [1.807, 2.05) is 18.2 Å². The number of fused-ring (bicyclic) bond motifs is 1. The van der Waals surface area contributed by atoms with Crippen LogP contribution in [0.15, 0.2) is 64.4 Å². The second-order valence-electron chi connectivity index (χ2n) is 5.68. The molecule has 0 saturated heterocycles. The van der Waals surface area contributed by atoms with E-state index in [2.05, 4.69) is 11.4 Å². The topological polar surface area (TPSA) is 63.2 Å². The van der Waals surface area contributed by atoms with E-state index in [4.69, 9.17) is 0 Å². The van der Waals surface area contributed by atoms with Gasteiger partial charge in [0.05, 0.1) is 16.7 Å². The number of thioether (sulfide) groups is 1. The highest BCUT2D eigenvalue weighted by molar-refractivity contribution is 7.99. The number of benzene rings is 2. The standard InChI is InChI=1S/C18H19NO3S2/c20-18(11-13-24(21,22)14-6-2-1-3-7-14)19-16-10-12-23-17-9-5-4-8-15(16)17/h1-9,16H,10-13H2,(H,19,20)/t16-/m0/s1. The van der Waals surface area contributed by atoms with Crippen molar-refractivity contribution in [3.63, 3.8) is 0 Å². The Morgan fingerprint density at radius 3 is 2.58 bits per heavy atom. The normalized spacial score (nSPS) is 17.1. The van der Waals surface area contributed by atoms with Gasteiger partial charge in [-0.05, 0) is 30.2 Å². The molecule has 1 aliphatic rings. The van der Waals surface area contributed by atoms with Gasteiger partial charge in [-0.15, -0.1) is 11.8 Å². The fourth-order valence-corrected chi connectivity index (χ4v) is 5.12. The van der Waals surface area contributed by atoms with Gasteiger partial charge in [-0.25, -0.2) is 8.42 Å². The maximum Gasteiger partial charge on any atom is 0.221 e. The smallest absolute Gasteiger partial charge is 0.221 e. The summed E-state index contributed by atoms with van der Waals surface area (Å²) in [4.78, 5) is 13.7. The number of carbonyl (C=O) groups excluding carboxylic acids is 1. The molecule has 1 heterocycles. The largest absolute Gasteiger partial charge is 0.349 e. The van der Waals surface area contributed by atoms with Crippen LogP contribution >= 0.6 is 11.8 Å². The molecule has 6 heteroatoms. The van der Waals surface area contributed by atoms with Gasteiger partial charge in [-0.2, -0.15) is 0 Å². The van der Waals surface area contributed by atoms with E-state index in [9.17, 15) is 13.2 Å². The Hall–Kier alpha value is -1.79. The molecular weight excluding hydrogens is 342 g/mol. The molecule has 24 heavy (non-hydrogen) atoms. The summed E-state index contributed by atoms with van der Waals surface area (Å²) in [6.07, 6.45) is 0.835. The summed E-state index contributed by atoms with van der Waals surface area (Å²) in [5.41, 5.74) is 1.12. The molecule has 0 unspecified atom stereocenters. The van der Waals surface area contributed by atoms with Crippen LogP contribution in [0.2, 0.25) is 0 Å². The molecule has 0 fully saturated rings. The van der Waals surface area contributed by atoms with Gasteiger partial charge in [0.2, 0.25) is 5.91 Å². The predicted octanol–water partition coefficient (Wildman–Crippen LogP) is 3.20. The Labute approximate surface area is 146 Å². The van der Waals surface area contributed by atoms with E-state index >= 15 is 0 Å². The molecule has 1 aliphatic heterocycles. The fraction of sp³-hybridized carbons (Fsp3) is 0.278. The number of rotatable bonds is 5. The molecule has 1 N–H and O–H groups in total. The summed E-state index contributed by atoms with van der Waals surface area (Å²) in [6.45, 7) is 0. The minimum Gasteiger partial charge on any atom is -0.349 e. The number of hydrogen-bond donors (Lipinski definition) is 1. The van der Waals surface area contributed by atoms with Crippen molar-refractivity contribution in [3.8, 4) is 0 Å². The van der Waals surface area contributed by atoms with E-state index < -0.39 is 9.84 Å². The molecule has 1 amide bonds. The highest BCUT2D eigenvalue weighted by atomic mass is 32.2. The maximum atomic E-state index is 12.2. The molecule has 1 atom stereocenters. The van der Waals surface area contributed by atoms with E-state index in [0.717, 1.165) is 17.7 Å². The van der Waals surface area contributed by atoms with Crippen LogP contribution in [0.1, 0.15) is 24.4 Å². The summed E-state index contributed by atoms with van der Waals surface area (Å²) >= 11 is 1.79. The van der Waals surface area contributed by atoms with Crippen molar-refractivity contribution >= 4 is 27.5 Å². The Kier molecular flexibility index (Phi) is 5.26. The quantitative estimate of drug-likeness (QED) is 0.888. The van der Waals surface area contributed by atoms with Gasteiger partial charge in [0, 0.05) is 17.1 Å². The Morgan fingerprint density at radius 2 is 1.79 bits per heavy atom. The second kappa shape index (κ2) is 7.40. The van der Waals surface area contributed by atoms with Gasteiger partial charge in [0.25, 0.3) is 0 Å². The summed E-state index contributed by atoms with van der Waals surface area (Å²) in [7, 11) is -3.42. The molecule has 0 radical (unpaired) electrons. The molecule has 0 spiro atoms. The summed E-state index contributed by atoms with van der Waals surface area (Å²) < 4.78 is 24.5. The van der Waals surface area contributed by atoms with Crippen molar-refractivity contribution < 1.29 is 13.2 Å². The molecule has 126 valence electrons. The van der Waals surface area contributed by atoms with Crippen molar-refractivity contribution in [2.45, 2.75) is 28.7 Å². The minimum atomic E-state index is -3.42. The number of nitrogens with one attached hydrogen (secondary N) is 1. The van der Waals surface area contributed by atoms with E-state index in [0.29, 0.717) is 0 Å². The summed E-state index contributed by atoms with van der Waals surface area (Å²) in [6, 6.07) is 16.2. The first-order chi connectivity index (χ1) is 11.6. The zero-order valence-electron chi connectivity index (χ0n) is 13.1. The average Bonchev–Trinajstić information content (AvgIpc) is 2.61. The van der Waals surface area contributed by atoms with Crippen molar-refractivity contribution in [1.29, 1.82) is 0 Å². The highest BCUT2D eigenvalue weighted by Crippen LogP contribution is 2.35. The number of carbonyl (C=O) groups is 1. The SMILES string of the molecule is O=C(CCS(=O)(=O)c1ccccc1)N[C@H]1CCSc2ccccc21. The molecule has 2 aromatic carbocycles. The zero-order valence-corrected chi connectivity index (χ0v) is 14.8. The number of hydrogen-bond acceptors (Lipinski definition) is 4. The lowest BCUT2D eigenvalue weighted by molar-refractivity contribution is -0.121. The van der Waals surface area contributed by atoms with Gasteiger partial charge in [-0.1, -0.05) is 36.4 Å². The van der Waals surface area contributed by atoms with Crippen LogP contribution < -0.4 is 5.32 Å². The highest BCUT2D eigenvalue weighted by Gasteiger charge is 2.23. The lowest BCUT2D eigenvalue weighted by atomic mass is 10.0. The lowest BCUT2D eigenvalue weighted by Crippen LogP contribution is -2.31. The Morgan fingerprint density at radius 1 is 1.08 bits per heavy atom. The molecule has 0 saturated carbocycles. The van der Waals surface area contributed by atoms with Crippen molar-refractivity contribution in [3.05, 3.63) is 60.2 Å². The molecule has 0 bridgehead atoms. The number of sulfone groups is 1. The van der Waals surface area contributed by atoms with Crippen LogP contribution in [0.4, 0.5) is 0 Å². The van der Waals surface area contributed by atoms with Crippen molar-refractivity contribution in [1.82, 2.24) is 5.32 Å². The van der Waals surface area contributed by atoms with Crippen LogP contribution in [0, 0.1) is 0 Å². The zero-order chi connectivity index (χ0) is 17.0. The van der Waals surface area contributed by atoms with Gasteiger partial charge in [-0.3, -0.25) is 4.79 Å². The molecular formula is C18H19NO3S2. The first-order valence-electron chi connectivity index (χ1n) is 7.85. The Bertz CT molecular complexity index is 819. The number of amides is 1. The molecule has 2 aromatic rings. The van der Waals surface area contributed by atoms with Gasteiger partial charge in [0.15, 0.2) is 9.84 Å².